The predicted octanol–water partition coefficient (Wildman–Crippen LogP) is -3.69. The molecule has 0 aliphatic rings. The number of guanidine groups is 1. The van der Waals surface area contributed by atoms with E-state index in [1.807, 2.05) is 24.5 Å². The van der Waals surface area contributed by atoms with Gasteiger partial charge in [0.25, 0.3) is 0 Å². The van der Waals surface area contributed by atoms with Crippen LogP contribution in [0.5, 0.6) is 5.75 Å². The van der Waals surface area contributed by atoms with Crippen LogP contribution in [0.3, 0.4) is 0 Å². The molecule has 101 heavy (non-hydrogen) atoms. The highest BCUT2D eigenvalue weighted by Crippen LogP contribution is 2.19. The van der Waals surface area contributed by atoms with Gasteiger partial charge in [-0.15, -0.1) is 0 Å². The second-order valence-electron chi connectivity index (χ2n) is 26.1. The van der Waals surface area contributed by atoms with Crippen molar-refractivity contribution in [1.82, 2.24) is 53.2 Å². The van der Waals surface area contributed by atoms with Crippen LogP contribution in [0.15, 0.2) is 59.6 Å². The molecule has 0 unspecified atom stereocenters. The van der Waals surface area contributed by atoms with E-state index in [0.29, 0.717) is 10.9 Å². The molecule has 564 valence electrons. The number of aliphatic imine (C=N–C) groups is 1. The number of aliphatic hydroxyl groups is 4. The lowest BCUT2D eigenvalue weighted by Gasteiger charge is -2.30. The van der Waals surface area contributed by atoms with Crippen molar-refractivity contribution < 1.29 is 98.7 Å². The highest BCUT2D eigenvalue weighted by molar-refractivity contribution is 5.99. The Morgan fingerprint density at radius 1 is 0.574 bits per heavy atom. The summed E-state index contributed by atoms with van der Waals surface area (Å²) in [6.07, 6.45) is -6.72. The maximum absolute atomic E-state index is 14.2. The summed E-state index contributed by atoms with van der Waals surface area (Å²) in [6.45, 7) is 15.7. The van der Waals surface area contributed by atoms with Crippen LogP contribution in [0.1, 0.15) is 126 Å². The van der Waals surface area contributed by atoms with Gasteiger partial charge in [0.1, 0.15) is 66.7 Å². The number of alkyl carbamates (subject to hydrolysis) is 1. The Morgan fingerprint density at radius 3 is 1.62 bits per heavy atom. The normalized spacial score (nSPS) is 15.6. The molecule has 0 aliphatic carbocycles. The van der Waals surface area contributed by atoms with E-state index < -0.39 is 187 Å². The molecular weight excluding hydrogens is 1320 g/mol. The average Bonchev–Trinajstić information content (AvgIpc) is 0.847. The lowest BCUT2D eigenvalue weighted by atomic mass is 9.96. The van der Waals surface area contributed by atoms with Crippen LogP contribution in [-0.2, 0) is 75.3 Å². The fraction of sp³-hybridized carbons (Fsp3) is 0.606. The third kappa shape index (κ3) is 31.7. The van der Waals surface area contributed by atoms with E-state index >= 15 is 0 Å². The van der Waals surface area contributed by atoms with Gasteiger partial charge >= 0.3 is 18.0 Å². The molecule has 2 rings (SSSR count). The van der Waals surface area contributed by atoms with Crippen molar-refractivity contribution in [2.24, 2.45) is 57.5 Å². The molecule has 0 fully saturated rings. The van der Waals surface area contributed by atoms with Gasteiger partial charge in [-0.3, -0.25) is 52.9 Å². The zero-order chi connectivity index (χ0) is 77.4. The Morgan fingerprint density at radius 2 is 1.09 bits per heavy atom. The third-order valence-corrected chi connectivity index (χ3v) is 15.5. The third-order valence-electron chi connectivity index (χ3n) is 15.5. The van der Waals surface area contributed by atoms with Gasteiger partial charge < -0.3 is 111 Å². The maximum Gasteiger partial charge on any atom is 0.408 e. The minimum atomic E-state index is -2.54. The number of rotatable bonds is 44. The van der Waals surface area contributed by atoms with E-state index in [0.717, 1.165) is 6.92 Å². The van der Waals surface area contributed by atoms with Crippen molar-refractivity contribution in [2.45, 2.75) is 206 Å². The predicted molar refractivity (Wildman–Crippen MR) is 366 cm³/mol. The standard InChI is InChI=1S/C66H105N15O20/c1-12-36(10)49(80-55(88)41(22-17-23-71-65(69)70)73-56(89)43(25-33(4)5)75-59(92)48(67)52(85)35(8)9)61(94)81-50(37(11)83)60(93)72-29-47(84)79-51(53(86)54(68)87)62(95)77-46(30-82)64(98)101-40-21-16-20-39(27-40)28-45(63(96)97)76-57(90)42(24-32(2)3)74-58(91)44(26-34(6)7)78-66(99)100-31-38-18-14-13-15-19-38/h13-16,18-21,27,32-37,41-46,48-53,82-83,85-86H,12,17,22-26,28-31,67H2,1-11H3,(H2,68,87)(H,72,93)(H,73,89)(H,74,91)(H,75,92)(H,76,90)(H,77,95)(H,78,99)(H,79,84)(H,80,88)(H,81,94)(H,96,97)(H4,69,70,71)/t36-,37+,41-,42-,43-,44+,45-,46-,48-,49-,50-,51-,52+,53-/m0/s1/i/hD. The number of carbonyl (C=O) groups is 13. The summed E-state index contributed by atoms with van der Waals surface area (Å²) in [5.74, 6) is -16.6. The Balaban J connectivity index is 2.27. The Bertz CT molecular complexity index is 3180. The number of carbonyl (C=O) groups excluding carboxylic acids is 12. The first kappa shape index (κ1) is 85.6. The molecule has 0 aromatic heterocycles. The van der Waals surface area contributed by atoms with Crippen molar-refractivity contribution in [3.05, 3.63) is 65.7 Å². The molecule has 0 saturated carbocycles. The van der Waals surface area contributed by atoms with Gasteiger partial charge in [0.15, 0.2) is 19.5 Å². The number of benzene rings is 2. The number of primary amides is 1. The van der Waals surface area contributed by atoms with Crippen LogP contribution >= 0.6 is 0 Å². The Hall–Kier alpha value is -9.58. The average molecular weight is 1430 g/mol. The summed E-state index contributed by atoms with van der Waals surface area (Å²) in [6, 6.07) is -2.43. The summed E-state index contributed by atoms with van der Waals surface area (Å²) >= 11 is 0. The summed E-state index contributed by atoms with van der Waals surface area (Å²) in [4.78, 5) is 179. The van der Waals surface area contributed by atoms with Gasteiger partial charge in [0.05, 0.1) is 25.4 Å². The van der Waals surface area contributed by atoms with E-state index in [4.69, 9.17) is 33.8 Å². The molecule has 35 nitrogen and oxygen atoms in total. The number of hydrogen-bond acceptors (Lipinski definition) is 21. The number of nitrogens with two attached hydrogens (primary N) is 4. The molecule has 0 saturated heterocycles. The summed E-state index contributed by atoms with van der Waals surface area (Å²) < 4.78 is 19.3. The zero-order valence-electron chi connectivity index (χ0n) is 59.9. The molecule has 0 spiro atoms. The number of nitrogens with one attached hydrogen (secondary N) is 10. The minimum Gasteiger partial charge on any atom is -0.480 e. The van der Waals surface area contributed by atoms with Crippen LogP contribution in [0.4, 0.5) is 4.79 Å². The van der Waals surface area contributed by atoms with Crippen LogP contribution in [-0.4, -0.2) is 207 Å². The molecule has 11 amide bonds. The Kier molecular flexibility index (Phi) is 37.2. The fourth-order valence-corrected chi connectivity index (χ4v) is 9.72. The molecule has 0 heterocycles. The molecule has 0 bridgehead atoms. The van der Waals surface area contributed by atoms with E-state index in [-0.39, 0.29) is 86.7 Å². The number of aliphatic carboxylic acids is 1. The van der Waals surface area contributed by atoms with Crippen LogP contribution < -0.4 is 80.8 Å². The van der Waals surface area contributed by atoms with E-state index in [1.165, 1.54) is 24.3 Å². The maximum atomic E-state index is 14.2. The quantitative estimate of drug-likeness (QED) is 0.00998. The molecule has 2 aromatic carbocycles. The molecule has 0 aliphatic heterocycles. The second-order valence-corrected chi connectivity index (χ2v) is 26.1. The van der Waals surface area contributed by atoms with Crippen LogP contribution in [0.25, 0.3) is 0 Å². The van der Waals surface area contributed by atoms with E-state index in [2.05, 4.69) is 42.2 Å². The molecule has 2 aromatic rings. The van der Waals surface area contributed by atoms with Gasteiger partial charge in [0, 0.05) is 13.0 Å². The molecule has 14 atom stereocenters. The molecule has 0 radical (unpaired) electrons. The lowest BCUT2D eigenvalue weighted by molar-refractivity contribution is -0.143. The summed E-state index contributed by atoms with van der Waals surface area (Å²) in [5, 5.41) is 74.0. The number of carboxylic acids is 1. The summed E-state index contributed by atoms with van der Waals surface area (Å²) in [5.41, 5.74) is 23.1. The lowest BCUT2D eigenvalue weighted by Crippen LogP contribution is -2.62. The van der Waals surface area contributed by atoms with Crippen LogP contribution in [0.2, 0.25) is 1.41 Å². The van der Waals surface area contributed by atoms with Crippen molar-refractivity contribution in [3.63, 3.8) is 0 Å². The number of carboxylic acid groups (broad SMARTS) is 1. The van der Waals surface area contributed by atoms with Crippen molar-refractivity contribution >= 4 is 83.1 Å². The van der Waals surface area contributed by atoms with Crippen molar-refractivity contribution in [3.8, 4) is 5.75 Å². The number of esters is 1. The van der Waals surface area contributed by atoms with E-state index in [9.17, 15) is 87.9 Å². The molecular formula is C66H105N15O20. The topological polar surface area (TPSA) is 578 Å². The highest BCUT2D eigenvalue weighted by atomic mass is 16.5. The van der Waals surface area contributed by atoms with Crippen molar-refractivity contribution in [1.29, 1.82) is 0 Å². The molecule has 23 N–H and O–H groups in total. The first-order valence-corrected chi connectivity index (χ1v) is 33.2. The number of ether oxygens (including phenoxy) is 2. The van der Waals surface area contributed by atoms with Crippen molar-refractivity contribution in [2.75, 3.05) is 19.7 Å². The minimum absolute atomic E-state index is 0.0268. The molecule has 35 heteroatoms. The SMILES string of the molecule is [2H]N(C(=O)[C@@H](N)[C@H](O)C(C)C)[C@@H](CC(C)C)C(=O)N[C@@H](CCCN=C(N)N)C(=O)N[C@H](C(=O)N[C@H](C(=O)NCC(=O)N[C@H](C(=O)N[C@@H](CO)C(=O)Oc1cccc(C[C@H](NC(=O)[C@H](CC(C)C)NC(=O)[C@@H](CC(C)C)NC(=O)OCc2ccccc2)C(=O)O)c1)[C@H](O)C(N)=O)[C@@H](C)O)[C@@H](C)CC. The smallest absolute Gasteiger partial charge is 0.408 e. The van der Waals surface area contributed by atoms with Gasteiger partial charge in [-0.1, -0.05) is 118 Å². The first-order chi connectivity index (χ1) is 47.7. The first-order valence-electron chi connectivity index (χ1n) is 33.6. The number of hydrogen-bond donors (Lipinski definition) is 19. The highest BCUT2D eigenvalue weighted by Gasteiger charge is 2.39. The summed E-state index contributed by atoms with van der Waals surface area (Å²) in [7, 11) is 0. The van der Waals surface area contributed by atoms with Gasteiger partial charge in [-0.05, 0) is 91.9 Å². The number of nitrogens with zero attached hydrogens (tertiary/aromatic N) is 1. The van der Waals surface area contributed by atoms with E-state index in [1.54, 1.807) is 85.7 Å². The number of aliphatic hydroxyl groups excluding tert-OH is 4. The van der Waals surface area contributed by atoms with Gasteiger partial charge in [-0.25, -0.2) is 14.4 Å². The van der Waals surface area contributed by atoms with Gasteiger partial charge in [-0.2, -0.15) is 0 Å². The Labute approximate surface area is 588 Å². The van der Waals surface area contributed by atoms with Gasteiger partial charge in [0.2, 0.25) is 59.1 Å². The number of amides is 11. The second kappa shape index (κ2) is 43.8. The van der Waals surface area contributed by atoms with Crippen LogP contribution in [0, 0.1) is 29.6 Å². The zero-order valence-corrected chi connectivity index (χ0v) is 58.9. The monoisotopic (exact) mass is 1430 g/mol. The fourth-order valence-electron chi connectivity index (χ4n) is 9.72. The largest absolute Gasteiger partial charge is 0.480 e.